The molecule has 0 aromatic heterocycles. The van der Waals surface area contributed by atoms with Crippen LogP contribution in [-0.2, 0) is 19.6 Å². The summed E-state index contributed by atoms with van der Waals surface area (Å²) in [6, 6.07) is 5.96. The molecular weight excluding hydrogens is 442 g/mol. The first-order chi connectivity index (χ1) is 15.7. The van der Waals surface area contributed by atoms with E-state index in [1.54, 1.807) is 12.1 Å². The van der Waals surface area contributed by atoms with Crippen molar-refractivity contribution in [1.29, 1.82) is 0 Å². The number of carbonyl (C=O) groups excluding carboxylic acids is 2. The molecule has 1 heterocycles. The number of benzene rings is 1. The molecule has 1 aromatic rings. The highest BCUT2D eigenvalue weighted by molar-refractivity contribution is 7.89. The summed E-state index contributed by atoms with van der Waals surface area (Å²) in [5.41, 5.74) is 0. The van der Waals surface area contributed by atoms with Gasteiger partial charge in [-0.2, -0.15) is 4.31 Å². The molecule has 3 rings (SSSR count). The summed E-state index contributed by atoms with van der Waals surface area (Å²) in [6.45, 7) is 4.61. The van der Waals surface area contributed by atoms with Gasteiger partial charge in [0.05, 0.1) is 12.0 Å². The van der Waals surface area contributed by atoms with E-state index in [-0.39, 0.29) is 47.7 Å². The quantitative estimate of drug-likeness (QED) is 0.567. The standard InChI is InChI=1S/C24H37N3O5S/c1-17(2)16-22(24(29)25-19-6-4-5-7-19)26-23(28)18-12-14-27(15-13-18)33(30,31)21-10-8-20(32-3)9-11-21/h8-11,17-19,22H,4-7,12-16H2,1-3H3,(H,25,29)(H,26,28)/t22-/m1/s1. The van der Waals surface area contributed by atoms with Crippen molar-refractivity contribution in [1.82, 2.24) is 14.9 Å². The van der Waals surface area contributed by atoms with Gasteiger partial charge in [-0.3, -0.25) is 9.59 Å². The zero-order chi connectivity index (χ0) is 24.0. The van der Waals surface area contributed by atoms with E-state index in [0.29, 0.717) is 25.0 Å². The number of ether oxygens (including phenoxy) is 1. The first-order valence-electron chi connectivity index (χ1n) is 12.0. The maximum atomic E-state index is 13.0. The fraction of sp³-hybridized carbons (Fsp3) is 0.667. The molecule has 2 N–H and O–H groups in total. The Kier molecular flexibility index (Phi) is 8.75. The van der Waals surface area contributed by atoms with Crippen LogP contribution in [0.4, 0.5) is 0 Å². The summed E-state index contributed by atoms with van der Waals surface area (Å²) in [5.74, 6) is 0.284. The van der Waals surface area contributed by atoms with Gasteiger partial charge in [0, 0.05) is 25.0 Å². The van der Waals surface area contributed by atoms with Gasteiger partial charge in [-0.25, -0.2) is 8.42 Å². The molecule has 2 amide bonds. The first kappa shape index (κ1) is 25.5. The second-order valence-corrected chi connectivity index (χ2v) is 11.5. The third kappa shape index (κ3) is 6.69. The van der Waals surface area contributed by atoms with Crippen molar-refractivity contribution in [2.24, 2.45) is 11.8 Å². The average molecular weight is 480 g/mol. The van der Waals surface area contributed by atoms with E-state index >= 15 is 0 Å². The Bertz CT molecular complexity index is 903. The zero-order valence-electron chi connectivity index (χ0n) is 19.9. The molecule has 9 heteroatoms. The number of nitrogens with one attached hydrogen (secondary N) is 2. The highest BCUT2D eigenvalue weighted by Gasteiger charge is 2.34. The van der Waals surface area contributed by atoms with Gasteiger partial charge in [0.2, 0.25) is 21.8 Å². The van der Waals surface area contributed by atoms with Gasteiger partial charge in [0.15, 0.2) is 0 Å². The maximum absolute atomic E-state index is 13.0. The molecule has 0 bridgehead atoms. The molecule has 8 nitrogen and oxygen atoms in total. The lowest BCUT2D eigenvalue weighted by molar-refractivity contribution is -0.132. The number of amides is 2. The molecule has 2 aliphatic rings. The number of carbonyl (C=O) groups is 2. The van der Waals surface area contributed by atoms with Gasteiger partial charge >= 0.3 is 0 Å². The summed E-state index contributed by atoms with van der Waals surface area (Å²) in [4.78, 5) is 26.0. The van der Waals surface area contributed by atoms with Gasteiger partial charge in [0.1, 0.15) is 11.8 Å². The molecule has 1 aromatic carbocycles. The average Bonchev–Trinajstić information content (AvgIpc) is 3.31. The summed E-state index contributed by atoms with van der Waals surface area (Å²) in [5, 5.41) is 6.05. The van der Waals surface area contributed by atoms with Crippen LogP contribution in [0.15, 0.2) is 29.2 Å². The van der Waals surface area contributed by atoms with Crippen LogP contribution in [0.25, 0.3) is 0 Å². The highest BCUT2D eigenvalue weighted by atomic mass is 32.2. The Morgan fingerprint density at radius 3 is 2.21 bits per heavy atom. The Labute approximate surface area is 197 Å². The monoisotopic (exact) mass is 479 g/mol. The predicted molar refractivity (Wildman–Crippen MR) is 126 cm³/mol. The SMILES string of the molecule is COc1ccc(S(=O)(=O)N2CCC(C(=O)N[C@H](CC(C)C)C(=O)NC3CCCC3)CC2)cc1. The smallest absolute Gasteiger partial charge is 0.243 e. The van der Waals surface area contributed by atoms with Gasteiger partial charge in [-0.15, -0.1) is 0 Å². The van der Waals surface area contributed by atoms with E-state index < -0.39 is 16.1 Å². The van der Waals surface area contributed by atoms with E-state index in [1.165, 1.54) is 23.5 Å². The Hall–Kier alpha value is -2.13. The van der Waals surface area contributed by atoms with E-state index in [0.717, 1.165) is 25.7 Å². The molecule has 1 saturated carbocycles. The maximum Gasteiger partial charge on any atom is 0.243 e. The third-order valence-electron chi connectivity index (χ3n) is 6.56. The lowest BCUT2D eigenvalue weighted by Crippen LogP contribution is -2.52. The molecule has 0 spiro atoms. The van der Waals surface area contributed by atoms with Crippen LogP contribution in [0.3, 0.4) is 0 Å². The minimum absolute atomic E-state index is 0.108. The first-order valence-corrected chi connectivity index (χ1v) is 13.4. The number of piperidine rings is 1. The van der Waals surface area contributed by atoms with Crippen molar-refractivity contribution in [3.05, 3.63) is 24.3 Å². The molecule has 1 aliphatic heterocycles. The van der Waals surface area contributed by atoms with Crippen LogP contribution in [0, 0.1) is 11.8 Å². The minimum Gasteiger partial charge on any atom is -0.497 e. The van der Waals surface area contributed by atoms with Crippen LogP contribution >= 0.6 is 0 Å². The number of nitrogens with zero attached hydrogens (tertiary/aromatic N) is 1. The summed E-state index contributed by atoms with van der Waals surface area (Å²) in [7, 11) is -2.09. The van der Waals surface area contributed by atoms with E-state index in [4.69, 9.17) is 4.74 Å². The van der Waals surface area contributed by atoms with Gasteiger partial charge < -0.3 is 15.4 Å². The Balaban J connectivity index is 1.56. The zero-order valence-corrected chi connectivity index (χ0v) is 20.7. The molecule has 2 fully saturated rings. The number of methoxy groups -OCH3 is 1. The van der Waals surface area contributed by atoms with Crippen molar-refractivity contribution < 1.29 is 22.7 Å². The van der Waals surface area contributed by atoms with Crippen LogP contribution in [0.2, 0.25) is 0 Å². The predicted octanol–water partition coefficient (Wildman–Crippen LogP) is 2.69. The molecule has 0 unspecified atom stereocenters. The number of hydrogen-bond acceptors (Lipinski definition) is 5. The van der Waals surface area contributed by atoms with Crippen LogP contribution in [0.5, 0.6) is 5.75 Å². The van der Waals surface area contributed by atoms with Crippen LogP contribution in [-0.4, -0.2) is 56.8 Å². The molecule has 33 heavy (non-hydrogen) atoms. The molecule has 1 aliphatic carbocycles. The summed E-state index contributed by atoms with van der Waals surface area (Å²) >= 11 is 0. The molecule has 1 saturated heterocycles. The highest BCUT2D eigenvalue weighted by Crippen LogP contribution is 2.25. The molecule has 1 atom stereocenters. The third-order valence-corrected chi connectivity index (χ3v) is 8.48. The topological polar surface area (TPSA) is 105 Å². The van der Waals surface area contributed by atoms with Crippen molar-refractivity contribution in [2.45, 2.75) is 75.8 Å². The fourth-order valence-corrected chi connectivity index (χ4v) is 6.09. The normalized spacial score (nSPS) is 19.4. The number of hydrogen-bond donors (Lipinski definition) is 2. The number of rotatable bonds is 9. The summed E-state index contributed by atoms with van der Waals surface area (Å²) < 4.78 is 32.4. The second kappa shape index (κ2) is 11.3. The minimum atomic E-state index is -3.62. The lowest BCUT2D eigenvalue weighted by atomic mass is 9.95. The summed E-state index contributed by atoms with van der Waals surface area (Å²) in [6.07, 6.45) is 5.69. The van der Waals surface area contributed by atoms with Gasteiger partial charge in [-0.05, 0) is 62.3 Å². The molecular formula is C24H37N3O5S. The largest absolute Gasteiger partial charge is 0.497 e. The van der Waals surface area contributed by atoms with Gasteiger partial charge in [0.25, 0.3) is 0 Å². The van der Waals surface area contributed by atoms with Crippen molar-refractivity contribution in [3.63, 3.8) is 0 Å². The van der Waals surface area contributed by atoms with Crippen molar-refractivity contribution >= 4 is 21.8 Å². The second-order valence-electron chi connectivity index (χ2n) is 9.53. The van der Waals surface area contributed by atoms with Crippen LogP contribution < -0.4 is 15.4 Å². The molecule has 0 radical (unpaired) electrons. The van der Waals surface area contributed by atoms with E-state index in [2.05, 4.69) is 10.6 Å². The Morgan fingerprint density at radius 2 is 1.67 bits per heavy atom. The van der Waals surface area contributed by atoms with Crippen LogP contribution in [0.1, 0.15) is 58.8 Å². The molecule has 184 valence electrons. The number of sulfonamides is 1. The Morgan fingerprint density at radius 1 is 1.06 bits per heavy atom. The van der Waals surface area contributed by atoms with Gasteiger partial charge in [-0.1, -0.05) is 26.7 Å². The fourth-order valence-electron chi connectivity index (χ4n) is 4.62. The lowest BCUT2D eigenvalue weighted by Gasteiger charge is -2.31. The van der Waals surface area contributed by atoms with Crippen molar-refractivity contribution in [3.8, 4) is 5.75 Å². The van der Waals surface area contributed by atoms with Crippen molar-refractivity contribution in [2.75, 3.05) is 20.2 Å². The van der Waals surface area contributed by atoms with E-state index in [9.17, 15) is 18.0 Å². The van der Waals surface area contributed by atoms with E-state index in [1.807, 2.05) is 13.8 Å².